The molecule has 1 fully saturated rings. The second-order valence-electron chi connectivity index (χ2n) is 5.35. The highest BCUT2D eigenvalue weighted by molar-refractivity contribution is 5.85. The first-order chi connectivity index (χ1) is 8.82. The van der Waals surface area contributed by atoms with Gasteiger partial charge >= 0.3 is 5.97 Å². The molecule has 0 radical (unpaired) electrons. The highest BCUT2D eigenvalue weighted by Crippen LogP contribution is 2.18. The van der Waals surface area contributed by atoms with Crippen LogP contribution in [0.15, 0.2) is 0 Å². The molecule has 1 aliphatic heterocycles. The van der Waals surface area contributed by atoms with Crippen LogP contribution in [-0.2, 0) is 14.4 Å². The number of amides is 2. The van der Waals surface area contributed by atoms with Crippen LogP contribution in [0.4, 0.5) is 0 Å². The van der Waals surface area contributed by atoms with E-state index in [9.17, 15) is 14.4 Å². The number of likely N-dealkylation sites (tertiary alicyclic amines) is 1. The van der Waals surface area contributed by atoms with Gasteiger partial charge in [-0.05, 0) is 18.8 Å². The molecule has 1 rings (SSSR count). The number of rotatable bonds is 4. The SMILES string of the molecule is CC(=O)N1CCC(C(=O)N[C@H](C(=O)O)C(C)C)CC1. The summed E-state index contributed by atoms with van der Waals surface area (Å²) < 4.78 is 0. The molecular weight excluding hydrogens is 248 g/mol. The van der Waals surface area contributed by atoms with E-state index in [1.54, 1.807) is 18.7 Å². The molecule has 2 N–H and O–H groups in total. The van der Waals surface area contributed by atoms with E-state index in [0.717, 1.165) is 0 Å². The van der Waals surface area contributed by atoms with E-state index < -0.39 is 12.0 Å². The average molecular weight is 270 g/mol. The minimum absolute atomic E-state index is 0.0180. The van der Waals surface area contributed by atoms with Crippen molar-refractivity contribution in [3.63, 3.8) is 0 Å². The average Bonchev–Trinajstić information content (AvgIpc) is 2.34. The number of carboxylic acid groups (broad SMARTS) is 1. The molecule has 19 heavy (non-hydrogen) atoms. The second kappa shape index (κ2) is 6.54. The zero-order valence-electron chi connectivity index (χ0n) is 11.7. The second-order valence-corrected chi connectivity index (χ2v) is 5.35. The van der Waals surface area contributed by atoms with Gasteiger partial charge in [0.1, 0.15) is 6.04 Å². The van der Waals surface area contributed by atoms with E-state index in [4.69, 9.17) is 5.11 Å². The number of aliphatic carboxylic acids is 1. The maximum Gasteiger partial charge on any atom is 0.326 e. The lowest BCUT2D eigenvalue weighted by molar-refractivity contribution is -0.144. The zero-order valence-corrected chi connectivity index (χ0v) is 11.7. The molecule has 0 aliphatic carbocycles. The number of hydrogen-bond acceptors (Lipinski definition) is 3. The van der Waals surface area contributed by atoms with Crippen LogP contribution in [0, 0.1) is 11.8 Å². The maximum absolute atomic E-state index is 12.0. The Labute approximate surface area is 113 Å². The molecule has 108 valence electrons. The molecule has 6 heteroatoms. The standard InChI is InChI=1S/C13H22N2O4/c1-8(2)11(13(18)19)14-12(17)10-4-6-15(7-5-10)9(3)16/h8,10-11H,4-7H2,1-3H3,(H,14,17)(H,18,19)/t11-/m0/s1. The number of carbonyl (C=O) groups is 3. The van der Waals surface area contributed by atoms with Crippen LogP contribution in [0.3, 0.4) is 0 Å². The van der Waals surface area contributed by atoms with Crippen LogP contribution in [-0.4, -0.2) is 46.9 Å². The van der Waals surface area contributed by atoms with E-state index in [1.165, 1.54) is 6.92 Å². The van der Waals surface area contributed by atoms with Gasteiger partial charge in [-0.1, -0.05) is 13.8 Å². The number of nitrogens with zero attached hydrogens (tertiary/aromatic N) is 1. The highest BCUT2D eigenvalue weighted by atomic mass is 16.4. The van der Waals surface area contributed by atoms with Crippen LogP contribution < -0.4 is 5.32 Å². The third-order valence-electron chi connectivity index (χ3n) is 3.54. The Kier molecular flexibility index (Phi) is 5.32. The van der Waals surface area contributed by atoms with Gasteiger partial charge in [0.15, 0.2) is 0 Å². The molecule has 1 aliphatic rings. The third-order valence-corrected chi connectivity index (χ3v) is 3.54. The molecule has 1 atom stereocenters. The van der Waals surface area contributed by atoms with Gasteiger partial charge in [0.2, 0.25) is 11.8 Å². The molecule has 6 nitrogen and oxygen atoms in total. The molecule has 1 heterocycles. The minimum Gasteiger partial charge on any atom is -0.480 e. The van der Waals surface area contributed by atoms with Crippen molar-refractivity contribution in [2.45, 2.75) is 39.7 Å². The van der Waals surface area contributed by atoms with Gasteiger partial charge in [-0.25, -0.2) is 4.79 Å². The molecule has 0 aromatic carbocycles. The van der Waals surface area contributed by atoms with Gasteiger partial charge in [0, 0.05) is 25.9 Å². The predicted octanol–water partition coefficient (Wildman–Crippen LogP) is 0.470. The first kappa shape index (κ1) is 15.5. The predicted molar refractivity (Wildman–Crippen MR) is 69.4 cm³/mol. The first-order valence-electron chi connectivity index (χ1n) is 6.61. The monoisotopic (exact) mass is 270 g/mol. The van der Waals surface area contributed by atoms with Gasteiger partial charge in [-0.15, -0.1) is 0 Å². The summed E-state index contributed by atoms with van der Waals surface area (Å²) in [5.74, 6) is -1.56. The van der Waals surface area contributed by atoms with Gasteiger partial charge in [0.05, 0.1) is 0 Å². The maximum atomic E-state index is 12.0. The highest BCUT2D eigenvalue weighted by Gasteiger charge is 2.30. The zero-order chi connectivity index (χ0) is 14.6. The molecule has 0 unspecified atom stereocenters. The molecule has 0 bridgehead atoms. The van der Waals surface area contributed by atoms with E-state index in [1.807, 2.05) is 0 Å². The molecule has 0 saturated carbocycles. The Morgan fingerprint density at radius 2 is 1.74 bits per heavy atom. The first-order valence-corrected chi connectivity index (χ1v) is 6.61. The number of nitrogens with one attached hydrogen (secondary N) is 1. The molecule has 0 aromatic heterocycles. The van der Waals surface area contributed by atoms with Crippen molar-refractivity contribution in [1.82, 2.24) is 10.2 Å². The van der Waals surface area contributed by atoms with Crippen molar-refractivity contribution in [3.05, 3.63) is 0 Å². The summed E-state index contributed by atoms with van der Waals surface area (Å²) in [5.41, 5.74) is 0. The van der Waals surface area contributed by atoms with Gasteiger partial charge in [-0.2, -0.15) is 0 Å². The Morgan fingerprint density at radius 3 is 2.11 bits per heavy atom. The normalized spacial score (nSPS) is 18.2. The largest absolute Gasteiger partial charge is 0.480 e. The van der Waals surface area contributed by atoms with Crippen molar-refractivity contribution < 1.29 is 19.5 Å². The van der Waals surface area contributed by atoms with Crippen molar-refractivity contribution >= 4 is 17.8 Å². The molecular formula is C13H22N2O4. The quantitative estimate of drug-likeness (QED) is 0.777. The van der Waals surface area contributed by atoms with Crippen LogP contribution in [0.5, 0.6) is 0 Å². The molecule has 2 amide bonds. The van der Waals surface area contributed by atoms with Gasteiger partial charge in [0.25, 0.3) is 0 Å². The molecule has 0 aromatic rings. The van der Waals surface area contributed by atoms with Crippen LogP contribution >= 0.6 is 0 Å². The molecule has 1 saturated heterocycles. The van der Waals surface area contributed by atoms with Crippen molar-refractivity contribution in [3.8, 4) is 0 Å². The van der Waals surface area contributed by atoms with Crippen molar-refractivity contribution in [2.24, 2.45) is 11.8 Å². The van der Waals surface area contributed by atoms with E-state index in [-0.39, 0.29) is 23.7 Å². The van der Waals surface area contributed by atoms with E-state index in [0.29, 0.717) is 25.9 Å². The summed E-state index contributed by atoms with van der Waals surface area (Å²) in [4.78, 5) is 35.9. The fraction of sp³-hybridized carbons (Fsp3) is 0.769. The lowest BCUT2D eigenvalue weighted by Crippen LogP contribution is -2.49. The van der Waals surface area contributed by atoms with Crippen molar-refractivity contribution in [2.75, 3.05) is 13.1 Å². The smallest absolute Gasteiger partial charge is 0.326 e. The Bertz CT molecular complexity index is 360. The lowest BCUT2D eigenvalue weighted by Gasteiger charge is -2.31. The minimum atomic E-state index is -1.01. The third kappa shape index (κ3) is 4.22. The Hall–Kier alpha value is -1.59. The molecule has 0 spiro atoms. The van der Waals surface area contributed by atoms with Crippen molar-refractivity contribution in [1.29, 1.82) is 0 Å². The summed E-state index contributed by atoms with van der Waals surface area (Å²) in [5, 5.41) is 11.6. The Balaban J connectivity index is 2.51. The summed E-state index contributed by atoms with van der Waals surface area (Å²) in [6.07, 6.45) is 1.19. The Morgan fingerprint density at radius 1 is 1.21 bits per heavy atom. The van der Waals surface area contributed by atoms with Gasteiger partial charge < -0.3 is 15.3 Å². The van der Waals surface area contributed by atoms with E-state index in [2.05, 4.69) is 5.32 Å². The lowest BCUT2D eigenvalue weighted by atomic mass is 9.94. The topological polar surface area (TPSA) is 86.7 Å². The van der Waals surface area contributed by atoms with Crippen LogP contribution in [0.25, 0.3) is 0 Å². The van der Waals surface area contributed by atoms with Crippen LogP contribution in [0.1, 0.15) is 33.6 Å². The number of carboxylic acids is 1. The number of carbonyl (C=O) groups excluding carboxylic acids is 2. The summed E-state index contributed by atoms with van der Waals surface area (Å²) >= 11 is 0. The fourth-order valence-electron chi connectivity index (χ4n) is 2.24. The van der Waals surface area contributed by atoms with E-state index >= 15 is 0 Å². The summed E-state index contributed by atoms with van der Waals surface area (Å²) in [6, 6.07) is -0.849. The number of piperidine rings is 1. The fourth-order valence-corrected chi connectivity index (χ4v) is 2.24. The summed E-state index contributed by atoms with van der Waals surface area (Å²) in [6.45, 7) is 6.16. The summed E-state index contributed by atoms with van der Waals surface area (Å²) in [7, 11) is 0. The van der Waals surface area contributed by atoms with Gasteiger partial charge in [-0.3, -0.25) is 9.59 Å². The number of hydrogen-bond donors (Lipinski definition) is 2. The van der Waals surface area contributed by atoms with Crippen LogP contribution in [0.2, 0.25) is 0 Å².